The fourth-order valence-corrected chi connectivity index (χ4v) is 6.17. The van der Waals surface area contributed by atoms with E-state index in [-0.39, 0.29) is 0 Å². The largest absolute Gasteiger partial charge is 0.298 e. The Morgan fingerprint density at radius 2 is 1.36 bits per heavy atom. The van der Waals surface area contributed by atoms with Crippen molar-refractivity contribution < 1.29 is 0 Å². The highest BCUT2D eigenvalue weighted by Gasteiger charge is 2.43. The topological polar surface area (TPSA) is 6.48 Å². The predicted octanol–water partition coefficient (Wildman–Crippen LogP) is 4.30. The Kier molecular flexibility index (Phi) is 5.07. The molecule has 0 aromatic carbocycles. The van der Waals surface area contributed by atoms with Crippen molar-refractivity contribution in [1.29, 1.82) is 0 Å². The minimum atomic E-state index is 0.915. The van der Waals surface area contributed by atoms with Crippen LogP contribution in [0, 0.1) is 11.8 Å². The number of fused-ring (bicyclic) bond motifs is 1. The Labute approximate surface area is 137 Å². The number of hydrogen-bond acceptors (Lipinski definition) is 2. The van der Waals surface area contributed by atoms with Crippen molar-refractivity contribution >= 4 is 0 Å². The van der Waals surface area contributed by atoms with Crippen molar-refractivity contribution in [2.24, 2.45) is 11.8 Å². The van der Waals surface area contributed by atoms with E-state index >= 15 is 0 Å². The van der Waals surface area contributed by atoms with E-state index in [1.54, 1.807) is 0 Å². The molecule has 4 aliphatic rings. The van der Waals surface area contributed by atoms with E-state index in [4.69, 9.17) is 0 Å². The van der Waals surface area contributed by atoms with Crippen LogP contribution in [0.25, 0.3) is 0 Å². The van der Waals surface area contributed by atoms with Gasteiger partial charge >= 0.3 is 0 Å². The van der Waals surface area contributed by atoms with Crippen LogP contribution < -0.4 is 0 Å². The van der Waals surface area contributed by atoms with Gasteiger partial charge in [0.15, 0.2) is 0 Å². The second-order valence-electron chi connectivity index (χ2n) is 8.63. The highest BCUT2D eigenvalue weighted by atomic mass is 15.3. The van der Waals surface area contributed by atoms with Crippen LogP contribution in [0.5, 0.6) is 0 Å². The molecule has 2 heteroatoms. The molecule has 2 nitrogen and oxygen atoms in total. The van der Waals surface area contributed by atoms with Crippen LogP contribution in [-0.4, -0.2) is 48.1 Å². The first-order valence-electron chi connectivity index (χ1n) is 10.4. The van der Waals surface area contributed by atoms with Crippen LogP contribution in [0.3, 0.4) is 0 Å². The summed E-state index contributed by atoms with van der Waals surface area (Å²) in [6.07, 6.45) is 18.0. The average molecular weight is 305 g/mol. The van der Waals surface area contributed by atoms with Gasteiger partial charge in [-0.2, -0.15) is 0 Å². The van der Waals surface area contributed by atoms with Gasteiger partial charge in [0, 0.05) is 31.7 Å². The molecule has 4 fully saturated rings. The van der Waals surface area contributed by atoms with E-state index in [0.717, 1.165) is 23.9 Å². The standard InChI is InChI=1S/C20H36N2/c1-3-8-17(9-4-1)16-22-15-14-21-13-7-12-19(21)20(22)18-10-5-2-6-11-18/h17-20H,1-16H2. The minimum absolute atomic E-state index is 0.915. The molecule has 0 N–H and O–H groups in total. The van der Waals surface area contributed by atoms with Crippen LogP contribution in [0.2, 0.25) is 0 Å². The SMILES string of the molecule is C1CCC(CN2CCN3CCCC3C2C2CCCCC2)CC1. The lowest BCUT2D eigenvalue weighted by Gasteiger charge is -2.50. The van der Waals surface area contributed by atoms with Crippen molar-refractivity contribution in [3.63, 3.8) is 0 Å². The first-order chi connectivity index (χ1) is 10.9. The van der Waals surface area contributed by atoms with Gasteiger partial charge < -0.3 is 0 Å². The summed E-state index contributed by atoms with van der Waals surface area (Å²) in [4.78, 5) is 5.86. The lowest BCUT2D eigenvalue weighted by molar-refractivity contribution is -0.01000. The smallest absolute Gasteiger partial charge is 0.0280 e. The third-order valence-corrected chi connectivity index (χ3v) is 7.25. The average Bonchev–Trinajstić information content (AvgIpc) is 3.05. The quantitative estimate of drug-likeness (QED) is 0.767. The summed E-state index contributed by atoms with van der Waals surface area (Å²) >= 11 is 0. The fourth-order valence-electron chi connectivity index (χ4n) is 6.17. The van der Waals surface area contributed by atoms with E-state index in [9.17, 15) is 0 Å². The Balaban J connectivity index is 1.46. The third-order valence-electron chi connectivity index (χ3n) is 7.25. The van der Waals surface area contributed by atoms with E-state index in [1.807, 2.05) is 0 Å². The van der Waals surface area contributed by atoms with Gasteiger partial charge in [0.25, 0.3) is 0 Å². The molecule has 126 valence electrons. The Hall–Kier alpha value is -0.0800. The molecule has 4 rings (SSSR count). The molecule has 0 aromatic rings. The summed E-state index contributed by atoms with van der Waals surface area (Å²) in [6.45, 7) is 5.56. The molecular formula is C20H36N2. The van der Waals surface area contributed by atoms with Crippen LogP contribution in [0.1, 0.15) is 77.0 Å². The highest BCUT2D eigenvalue weighted by Crippen LogP contribution is 2.38. The van der Waals surface area contributed by atoms with Crippen molar-refractivity contribution in [3.05, 3.63) is 0 Å². The van der Waals surface area contributed by atoms with Crippen LogP contribution in [0.15, 0.2) is 0 Å². The van der Waals surface area contributed by atoms with Crippen molar-refractivity contribution in [2.75, 3.05) is 26.2 Å². The highest BCUT2D eigenvalue weighted by molar-refractivity contribution is 4.99. The molecule has 2 heterocycles. The normalized spacial score (nSPS) is 36.5. The molecule has 0 bridgehead atoms. The van der Waals surface area contributed by atoms with Crippen molar-refractivity contribution in [1.82, 2.24) is 9.80 Å². The van der Waals surface area contributed by atoms with Gasteiger partial charge in [-0.3, -0.25) is 9.80 Å². The lowest BCUT2D eigenvalue weighted by Crippen LogP contribution is -2.60. The second kappa shape index (κ2) is 7.21. The molecule has 2 saturated heterocycles. The molecule has 2 aliphatic carbocycles. The van der Waals surface area contributed by atoms with Gasteiger partial charge in [-0.25, -0.2) is 0 Å². The summed E-state index contributed by atoms with van der Waals surface area (Å²) < 4.78 is 0. The fraction of sp³-hybridized carbons (Fsp3) is 1.00. The molecule has 0 spiro atoms. The lowest BCUT2D eigenvalue weighted by atomic mass is 9.78. The molecule has 0 aromatic heterocycles. The maximum atomic E-state index is 3.00. The molecule has 2 saturated carbocycles. The number of rotatable bonds is 3. The van der Waals surface area contributed by atoms with Crippen LogP contribution in [0.4, 0.5) is 0 Å². The number of piperazine rings is 1. The van der Waals surface area contributed by atoms with Gasteiger partial charge in [-0.05, 0) is 56.9 Å². The molecular weight excluding hydrogens is 268 g/mol. The van der Waals surface area contributed by atoms with Crippen molar-refractivity contribution in [3.8, 4) is 0 Å². The summed E-state index contributed by atoms with van der Waals surface area (Å²) in [5, 5.41) is 0. The van der Waals surface area contributed by atoms with Crippen molar-refractivity contribution in [2.45, 2.75) is 89.1 Å². The van der Waals surface area contributed by atoms with Crippen LogP contribution >= 0.6 is 0 Å². The summed E-state index contributed by atoms with van der Waals surface area (Å²) in [6, 6.07) is 1.83. The first-order valence-corrected chi connectivity index (χ1v) is 10.4. The molecule has 0 amide bonds. The maximum absolute atomic E-state index is 3.00. The molecule has 22 heavy (non-hydrogen) atoms. The van der Waals surface area contributed by atoms with Gasteiger partial charge in [-0.1, -0.05) is 38.5 Å². The predicted molar refractivity (Wildman–Crippen MR) is 93.1 cm³/mol. The Bertz CT molecular complexity index is 344. The van der Waals surface area contributed by atoms with Gasteiger partial charge in [0.1, 0.15) is 0 Å². The number of nitrogens with zero attached hydrogens (tertiary/aromatic N) is 2. The van der Waals surface area contributed by atoms with Gasteiger partial charge in [0.2, 0.25) is 0 Å². The van der Waals surface area contributed by atoms with Gasteiger partial charge in [-0.15, -0.1) is 0 Å². The van der Waals surface area contributed by atoms with E-state index in [2.05, 4.69) is 9.80 Å². The maximum Gasteiger partial charge on any atom is 0.0280 e. The van der Waals surface area contributed by atoms with E-state index in [1.165, 1.54) is 103 Å². The number of hydrogen-bond donors (Lipinski definition) is 0. The first kappa shape index (κ1) is 15.4. The summed E-state index contributed by atoms with van der Waals surface area (Å²) in [7, 11) is 0. The van der Waals surface area contributed by atoms with E-state index in [0.29, 0.717) is 0 Å². The third kappa shape index (κ3) is 3.24. The molecule has 2 atom stereocenters. The van der Waals surface area contributed by atoms with Crippen LogP contribution in [-0.2, 0) is 0 Å². The Morgan fingerprint density at radius 3 is 2.14 bits per heavy atom. The molecule has 0 radical (unpaired) electrons. The van der Waals surface area contributed by atoms with Gasteiger partial charge in [0.05, 0.1) is 0 Å². The molecule has 2 unspecified atom stereocenters. The zero-order valence-electron chi connectivity index (χ0n) is 14.5. The van der Waals surface area contributed by atoms with E-state index < -0.39 is 0 Å². The molecule has 2 aliphatic heterocycles. The zero-order chi connectivity index (χ0) is 14.8. The minimum Gasteiger partial charge on any atom is -0.298 e. The zero-order valence-corrected chi connectivity index (χ0v) is 14.5. The summed E-state index contributed by atoms with van der Waals surface area (Å²) in [5.41, 5.74) is 0. The monoisotopic (exact) mass is 304 g/mol. The summed E-state index contributed by atoms with van der Waals surface area (Å²) in [5.74, 6) is 2.04. The second-order valence-corrected chi connectivity index (χ2v) is 8.63. The Morgan fingerprint density at radius 1 is 0.636 bits per heavy atom.